The number of nitrogens with zero attached hydrogens (tertiary/aromatic N) is 5. The van der Waals surface area contributed by atoms with E-state index in [1.54, 1.807) is 53.9 Å². The molecule has 0 saturated carbocycles. The fraction of sp³-hybridized carbons (Fsp3) is 0.133. The highest BCUT2D eigenvalue weighted by Crippen LogP contribution is 2.44. The summed E-state index contributed by atoms with van der Waals surface area (Å²) in [6, 6.07) is 18.0. The first kappa shape index (κ1) is 28.6. The first-order valence-corrected chi connectivity index (χ1v) is 15.1. The molecule has 10 nitrogen and oxygen atoms in total. The predicted molar refractivity (Wildman–Crippen MR) is 163 cm³/mol. The number of thioether (sulfide) groups is 1. The Balaban J connectivity index is 1.44. The Morgan fingerprint density at radius 1 is 1.07 bits per heavy atom. The monoisotopic (exact) mass is 631 g/mol. The van der Waals surface area contributed by atoms with Crippen molar-refractivity contribution in [2.24, 2.45) is 0 Å². The van der Waals surface area contributed by atoms with E-state index in [2.05, 4.69) is 15.2 Å². The summed E-state index contributed by atoms with van der Waals surface area (Å²) >= 11 is 8.57. The second-order valence-corrected chi connectivity index (χ2v) is 12.1. The zero-order valence-corrected chi connectivity index (χ0v) is 25.1. The number of methoxy groups -OCH3 is 1. The smallest absolute Gasteiger partial charge is 0.337 e. The molecule has 1 atom stereocenters. The van der Waals surface area contributed by atoms with Crippen LogP contribution in [0.4, 0.5) is 5.13 Å². The summed E-state index contributed by atoms with van der Waals surface area (Å²) in [6.45, 7) is 1.72. The molecule has 0 radical (unpaired) electrons. The number of aryl methyl sites for hydroxylation is 1. The van der Waals surface area contributed by atoms with E-state index in [9.17, 15) is 19.5 Å². The average molecular weight is 632 g/mol. The topological polar surface area (TPSA) is 127 Å². The lowest BCUT2D eigenvalue weighted by Gasteiger charge is -2.22. The molecule has 13 heteroatoms. The van der Waals surface area contributed by atoms with Crippen LogP contribution < -0.4 is 4.90 Å². The molecule has 216 valence electrons. The average Bonchev–Trinajstić information content (AvgIpc) is 3.69. The first-order chi connectivity index (χ1) is 20.8. The van der Waals surface area contributed by atoms with Crippen molar-refractivity contribution in [1.29, 1.82) is 0 Å². The van der Waals surface area contributed by atoms with Crippen LogP contribution in [0, 0.1) is 6.92 Å². The Kier molecular flexibility index (Phi) is 7.74. The number of hydrogen-bond acceptors (Lipinski definition) is 10. The van der Waals surface area contributed by atoms with Gasteiger partial charge in [0.2, 0.25) is 5.13 Å². The highest BCUT2D eigenvalue weighted by molar-refractivity contribution is 8.00. The molecule has 0 bridgehead atoms. The van der Waals surface area contributed by atoms with Crippen LogP contribution in [0.2, 0.25) is 5.02 Å². The summed E-state index contributed by atoms with van der Waals surface area (Å²) in [5.41, 5.74) is 3.01. The maximum atomic E-state index is 13.7. The van der Waals surface area contributed by atoms with Crippen molar-refractivity contribution >= 4 is 68.9 Å². The number of ketones is 1. The van der Waals surface area contributed by atoms with Gasteiger partial charge in [0.05, 0.1) is 30.0 Å². The largest absolute Gasteiger partial charge is 0.505 e. The van der Waals surface area contributed by atoms with E-state index in [-0.39, 0.29) is 22.0 Å². The molecule has 1 unspecified atom stereocenters. The molecular formula is C30H22ClN5O5S2. The molecule has 2 aromatic carbocycles. The van der Waals surface area contributed by atoms with Crippen LogP contribution in [0.15, 0.2) is 82.8 Å². The Labute approximate surface area is 258 Å². The van der Waals surface area contributed by atoms with Crippen molar-refractivity contribution in [3.8, 4) is 0 Å². The molecule has 1 aliphatic heterocycles. The number of hydrogen-bond donors (Lipinski definition) is 1. The molecular weight excluding hydrogens is 610 g/mol. The normalized spacial score (nSPS) is 16.3. The number of aliphatic hydroxyl groups excluding tert-OH is 1. The van der Waals surface area contributed by atoms with Gasteiger partial charge in [-0.2, -0.15) is 0 Å². The Morgan fingerprint density at radius 2 is 1.81 bits per heavy atom. The van der Waals surface area contributed by atoms with Gasteiger partial charge >= 0.3 is 11.9 Å². The van der Waals surface area contributed by atoms with Gasteiger partial charge in [-0.3, -0.25) is 18.9 Å². The van der Waals surface area contributed by atoms with Crippen molar-refractivity contribution in [2.45, 2.75) is 23.1 Å². The van der Waals surface area contributed by atoms with Crippen molar-refractivity contribution < 1.29 is 24.2 Å². The number of imidazole rings is 1. The summed E-state index contributed by atoms with van der Waals surface area (Å²) in [6.07, 6.45) is 1.72. The van der Waals surface area contributed by atoms with Crippen molar-refractivity contribution in [2.75, 3.05) is 12.0 Å². The fourth-order valence-electron chi connectivity index (χ4n) is 4.87. The number of ether oxygens (including phenoxy) is 1. The Hall–Kier alpha value is -4.52. The maximum Gasteiger partial charge on any atom is 0.337 e. The number of benzene rings is 2. The maximum absolute atomic E-state index is 13.7. The number of halogens is 1. The van der Waals surface area contributed by atoms with E-state index in [1.807, 2.05) is 18.2 Å². The third-order valence-electron chi connectivity index (χ3n) is 6.90. The Morgan fingerprint density at radius 3 is 2.53 bits per heavy atom. The molecule has 5 aromatic rings. The van der Waals surface area contributed by atoms with Crippen molar-refractivity contribution in [1.82, 2.24) is 19.6 Å². The lowest BCUT2D eigenvalue weighted by atomic mass is 9.95. The highest BCUT2D eigenvalue weighted by atomic mass is 35.5. The number of carbonyl (C=O) groups excluding carboxylic acids is 3. The number of aromatic nitrogens is 4. The molecule has 3 aromatic heterocycles. The quantitative estimate of drug-likeness (QED) is 0.0587. The molecule has 1 amide bonds. The number of carbonyl (C=O) groups is 3. The van der Waals surface area contributed by atoms with E-state index in [1.165, 1.54) is 35.9 Å². The molecule has 1 saturated heterocycles. The minimum atomic E-state index is -1.05. The number of anilines is 1. The van der Waals surface area contributed by atoms with Gasteiger partial charge < -0.3 is 9.84 Å². The van der Waals surface area contributed by atoms with Crippen LogP contribution >= 0.6 is 34.7 Å². The number of fused-ring (bicyclic) bond motifs is 1. The standard InChI is InChI=1S/C30H22ClN5O5S2/c1-16-23(35-14-4-3-5-21(35)32-16)25(37)22-24(18-8-10-19(11-9-18)28(40)41-2)36(27(39)26(22)38)29-33-34-30(43-29)42-15-17-6-12-20(31)13-7-17/h3-14,24,37H,15H2,1-2H3. The summed E-state index contributed by atoms with van der Waals surface area (Å²) in [4.78, 5) is 45.1. The van der Waals surface area contributed by atoms with Crippen LogP contribution in [-0.4, -0.2) is 49.5 Å². The zero-order valence-electron chi connectivity index (χ0n) is 22.7. The molecule has 0 aliphatic carbocycles. The molecule has 4 heterocycles. The number of Topliss-reactive ketones (excluding diaryl/α,β-unsaturated/α-hetero) is 1. The van der Waals surface area contributed by atoms with Gasteiger partial charge in [-0.05, 0) is 54.4 Å². The minimum Gasteiger partial charge on any atom is -0.505 e. The van der Waals surface area contributed by atoms with E-state index >= 15 is 0 Å². The van der Waals surface area contributed by atoms with E-state index < -0.39 is 23.7 Å². The van der Waals surface area contributed by atoms with Crippen molar-refractivity contribution in [3.05, 3.63) is 112 Å². The van der Waals surface area contributed by atoms with Gasteiger partial charge in [0.15, 0.2) is 10.1 Å². The molecule has 1 N–H and O–H groups in total. The van der Waals surface area contributed by atoms with Crippen LogP contribution in [0.5, 0.6) is 0 Å². The predicted octanol–water partition coefficient (Wildman–Crippen LogP) is 5.85. The summed E-state index contributed by atoms with van der Waals surface area (Å²) < 4.78 is 7.06. The van der Waals surface area contributed by atoms with Crippen LogP contribution in [-0.2, 0) is 20.1 Å². The number of esters is 1. The third kappa shape index (κ3) is 5.29. The summed E-state index contributed by atoms with van der Waals surface area (Å²) in [7, 11) is 1.28. The molecule has 1 aliphatic rings. The first-order valence-electron chi connectivity index (χ1n) is 12.9. The third-order valence-corrected chi connectivity index (χ3v) is 9.28. The second-order valence-electron chi connectivity index (χ2n) is 9.52. The van der Waals surface area contributed by atoms with Gasteiger partial charge in [0.25, 0.3) is 5.78 Å². The van der Waals surface area contributed by atoms with Crippen LogP contribution in [0.3, 0.4) is 0 Å². The van der Waals surface area contributed by atoms with Gasteiger partial charge in [-0.1, -0.05) is 65.0 Å². The van der Waals surface area contributed by atoms with Gasteiger partial charge in [0, 0.05) is 17.0 Å². The summed E-state index contributed by atoms with van der Waals surface area (Å²) in [5.74, 6) is -2.05. The second kappa shape index (κ2) is 11.6. The number of rotatable bonds is 7. The number of pyridine rings is 1. The van der Waals surface area contributed by atoms with Gasteiger partial charge in [-0.15, -0.1) is 10.2 Å². The zero-order chi connectivity index (χ0) is 30.2. The Bertz CT molecular complexity index is 1920. The molecule has 0 spiro atoms. The van der Waals surface area contributed by atoms with Crippen LogP contribution in [0.25, 0.3) is 11.4 Å². The van der Waals surface area contributed by atoms with Gasteiger partial charge in [-0.25, -0.2) is 9.78 Å². The summed E-state index contributed by atoms with van der Waals surface area (Å²) in [5, 5.41) is 21.0. The van der Waals surface area contributed by atoms with E-state index in [0.29, 0.717) is 37.7 Å². The number of amides is 1. The highest BCUT2D eigenvalue weighted by Gasteiger charge is 2.49. The molecule has 6 rings (SSSR count). The molecule has 43 heavy (non-hydrogen) atoms. The van der Waals surface area contributed by atoms with Crippen LogP contribution in [0.1, 0.15) is 38.9 Å². The number of aliphatic hydroxyl groups is 1. The lowest BCUT2D eigenvalue weighted by molar-refractivity contribution is -0.132. The lowest BCUT2D eigenvalue weighted by Crippen LogP contribution is -2.29. The van der Waals surface area contributed by atoms with Gasteiger partial charge in [0.1, 0.15) is 11.3 Å². The SMILES string of the molecule is COC(=O)c1ccc(C2C(=C(O)c3c(C)nc4ccccn34)C(=O)C(=O)N2c2nnc(SCc3ccc(Cl)cc3)s2)cc1. The van der Waals surface area contributed by atoms with E-state index in [0.717, 1.165) is 16.9 Å². The molecule has 1 fully saturated rings. The minimum absolute atomic E-state index is 0.130. The van der Waals surface area contributed by atoms with Crippen molar-refractivity contribution in [3.63, 3.8) is 0 Å². The fourth-order valence-corrected chi connectivity index (χ4v) is 6.82. The van der Waals surface area contributed by atoms with E-state index in [4.69, 9.17) is 16.3 Å².